The number of carbonyl (C=O) groups excluding carboxylic acids is 1. The Bertz CT molecular complexity index is 597. The van der Waals surface area contributed by atoms with Crippen molar-refractivity contribution in [2.24, 2.45) is 0 Å². The topological polar surface area (TPSA) is 46.3 Å². The molecule has 1 heterocycles. The maximum absolute atomic E-state index is 12.7. The van der Waals surface area contributed by atoms with E-state index in [9.17, 15) is 4.79 Å². The minimum atomic E-state index is 0.0918. The highest BCUT2D eigenvalue weighted by atomic mass is 32.1. The molecule has 1 aromatic heterocycles. The molecule has 1 aromatic carbocycles. The molecule has 0 atom stereocenters. The van der Waals surface area contributed by atoms with E-state index in [0.717, 1.165) is 18.4 Å². The number of hydrogen-bond donors (Lipinski definition) is 1. The fraction of sp³-hybridized carbons (Fsp3) is 0.312. The fourth-order valence-electron chi connectivity index (χ4n) is 2.43. The van der Waals surface area contributed by atoms with Gasteiger partial charge >= 0.3 is 0 Å². The van der Waals surface area contributed by atoms with Crippen LogP contribution in [0.3, 0.4) is 0 Å². The summed E-state index contributed by atoms with van der Waals surface area (Å²) in [6, 6.07) is 8.05. The highest BCUT2D eigenvalue weighted by Crippen LogP contribution is 2.30. The minimum Gasteiger partial charge on any atom is -0.399 e. The number of carbonyl (C=O) groups is 1. The average Bonchev–Trinajstić information content (AvgIpc) is 3.11. The molecular weight excluding hydrogens is 268 g/mol. The molecule has 0 radical (unpaired) electrons. The first-order valence-electron chi connectivity index (χ1n) is 6.83. The smallest absolute Gasteiger partial charge is 0.254 e. The van der Waals surface area contributed by atoms with Gasteiger partial charge in [-0.3, -0.25) is 4.79 Å². The number of aryl methyl sites for hydroxylation is 1. The van der Waals surface area contributed by atoms with Gasteiger partial charge in [-0.25, -0.2) is 0 Å². The van der Waals surface area contributed by atoms with Crippen molar-refractivity contribution in [2.45, 2.75) is 32.4 Å². The van der Waals surface area contributed by atoms with Crippen LogP contribution in [0.2, 0.25) is 0 Å². The number of nitrogens with zero attached hydrogens (tertiary/aromatic N) is 1. The van der Waals surface area contributed by atoms with E-state index in [4.69, 9.17) is 5.73 Å². The number of rotatable bonds is 4. The van der Waals surface area contributed by atoms with E-state index in [1.807, 2.05) is 24.0 Å². The summed E-state index contributed by atoms with van der Waals surface area (Å²) >= 11 is 1.67. The van der Waals surface area contributed by atoms with Crippen molar-refractivity contribution in [1.29, 1.82) is 0 Å². The van der Waals surface area contributed by atoms with Crippen molar-refractivity contribution < 1.29 is 4.79 Å². The maximum atomic E-state index is 12.7. The summed E-state index contributed by atoms with van der Waals surface area (Å²) in [5.41, 5.74) is 9.44. The summed E-state index contributed by atoms with van der Waals surface area (Å²) in [5.74, 6) is 0.0918. The third-order valence-corrected chi connectivity index (χ3v) is 4.26. The summed E-state index contributed by atoms with van der Waals surface area (Å²) < 4.78 is 0. The normalized spacial score (nSPS) is 14.2. The summed E-state index contributed by atoms with van der Waals surface area (Å²) in [6.07, 6.45) is 2.22. The van der Waals surface area contributed by atoms with Crippen LogP contribution in [0.25, 0.3) is 0 Å². The summed E-state index contributed by atoms with van der Waals surface area (Å²) in [7, 11) is 0. The van der Waals surface area contributed by atoms with E-state index in [-0.39, 0.29) is 5.91 Å². The van der Waals surface area contributed by atoms with Gasteiger partial charge in [0, 0.05) is 23.8 Å². The van der Waals surface area contributed by atoms with Gasteiger partial charge in [0.2, 0.25) is 0 Å². The van der Waals surface area contributed by atoms with Crippen LogP contribution in [-0.4, -0.2) is 16.8 Å². The molecule has 1 amide bonds. The Kier molecular flexibility index (Phi) is 3.49. The molecular formula is C16H18N2OS. The number of anilines is 1. The Hall–Kier alpha value is -1.81. The van der Waals surface area contributed by atoms with Gasteiger partial charge in [0.05, 0.1) is 0 Å². The summed E-state index contributed by atoms with van der Waals surface area (Å²) in [6.45, 7) is 2.66. The molecule has 20 heavy (non-hydrogen) atoms. The Morgan fingerprint density at radius 3 is 2.80 bits per heavy atom. The lowest BCUT2D eigenvalue weighted by Crippen LogP contribution is -2.32. The van der Waals surface area contributed by atoms with Crippen LogP contribution in [0.1, 0.15) is 34.3 Å². The van der Waals surface area contributed by atoms with Gasteiger partial charge in [0.25, 0.3) is 5.91 Å². The molecule has 2 N–H and O–H groups in total. The van der Waals surface area contributed by atoms with Gasteiger partial charge in [0.15, 0.2) is 0 Å². The molecule has 4 heteroatoms. The van der Waals surface area contributed by atoms with E-state index in [2.05, 4.69) is 16.8 Å². The van der Waals surface area contributed by atoms with E-state index in [0.29, 0.717) is 23.8 Å². The van der Waals surface area contributed by atoms with Crippen molar-refractivity contribution in [3.05, 3.63) is 51.7 Å². The number of amides is 1. The largest absolute Gasteiger partial charge is 0.399 e. The molecule has 0 bridgehead atoms. The van der Waals surface area contributed by atoms with Gasteiger partial charge < -0.3 is 10.6 Å². The first kappa shape index (κ1) is 13.2. The number of benzene rings is 1. The predicted octanol–water partition coefficient (Wildman–Crippen LogP) is 3.44. The van der Waals surface area contributed by atoms with Crippen LogP contribution < -0.4 is 5.73 Å². The van der Waals surface area contributed by atoms with Crippen molar-refractivity contribution in [2.75, 3.05) is 5.73 Å². The molecule has 1 saturated carbocycles. The van der Waals surface area contributed by atoms with Crippen molar-refractivity contribution in [1.82, 2.24) is 4.90 Å². The molecule has 3 nitrogen and oxygen atoms in total. The van der Waals surface area contributed by atoms with E-state index < -0.39 is 0 Å². The molecule has 1 aliphatic rings. The van der Waals surface area contributed by atoms with Gasteiger partial charge in [-0.1, -0.05) is 0 Å². The minimum absolute atomic E-state index is 0.0918. The van der Waals surface area contributed by atoms with Crippen LogP contribution in [0, 0.1) is 6.92 Å². The van der Waals surface area contributed by atoms with E-state index in [1.54, 1.807) is 17.4 Å². The van der Waals surface area contributed by atoms with Gasteiger partial charge in [-0.05, 0) is 65.9 Å². The first-order chi connectivity index (χ1) is 9.63. The highest BCUT2D eigenvalue weighted by molar-refractivity contribution is 7.07. The first-order valence-corrected chi connectivity index (χ1v) is 7.77. The number of thiophene rings is 1. The number of nitrogens with two attached hydrogens (primary N) is 1. The Labute approximate surface area is 123 Å². The predicted molar refractivity (Wildman–Crippen MR) is 82.8 cm³/mol. The molecule has 0 spiro atoms. The van der Waals surface area contributed by atoms with E-state index >= 15 is 0 Å². The molecule has 1 fully saturated rings. The second-order valence-corrected chi connectivity index (χ2v) is 6.21. The zero-order chi connectivity index (χ0) is 14.1. The second-order valence-electron chi connectivity index (χ2n) is 5.43. The quantitative estimate of drug-likeness (QED) is 0.875. The SMILES string of the molecule is Cc1cc(N)cc(C(=O)N(Cc2ccsc2)C2CC2)c1. The third kappa shape index (κ3) is 2.85. The standard InChI is InChI=1S/C16H18N2OS/c1-11-6-13(8-14(17)7-11)16(19)18(15-2-3-15)9-12-4-5-20-10-12/h4-8,10,15H,2-3,9,17H2,1H3. The summed E-state index contributed by atoms with van der Waals surface area (Å²) in [4.78, 5) is 14.7. The average molecular weight is 286 g/mol. The molecule has 0 aliphatic heterocycles. The highest BCUT2D eigenvalue weighted by Gasteiger charge is 2.33. The van der Waals surface area contributed by atoms with Crippen molar-refractivity contribution in [3.63, 3.8) is 0 Å². The van der Waals surface area contributed by atoms with E-state index in [1.165, 1.54) is 5.56 Å². The third-order valence-electron chi connectivity index (χ3n) is 3.53. The van der Waals surface area contributed by atoms with Gasteiger partial charge in [-0.15, -0.1) is 0 Å². The van der Waals surface area contributed by atoms with Gasteiger partial charge in [0.1, 0.15) is 0 Å². The lowest BCUT2D eigenvalue weighted by molar-refractivity contribution is 0.0730. The fourth-order valence-corrected chi connectivity index (χ4v) is 3.09. The molecule has 0 saturated heterocycles. The van der Waals surface area contributed by atoms with Crippen LogP contribution in [0.4, 0.5) is 5.69 Å². The Morgan fingerprint density at radius 2 is 2.20 bits per heavy atom. The molecule has 1 aliphatic carbocycles. The van der Waals surface area contributed by atoms with Gasteiger partial charge in [-0.2, -0.15) is 11.3 Å². The zero-order valence-electron chi connectivity index (χ0n) is 11.5. The van der Waals surface area contributed by atoms with Crippen LogP contribution in [-0.2, 0) is 6.54 Å². The molecule has 0 unspecified atom stereocenters. The monoisotopic (exact) mass is 286 g/mol. The van der Waals surface area contributed by atoms with Crippen LogP contribution >= 0.6 is 11.3 Å². The van der Waals surface area contributed by atoms with Crippen LogP contribution in [0.5, 0.6) is 0 Å². The molecule has 3 rings (SSSR count). The Morgan fingerprint density at radius 1 is 1.40 bits per heavy atom. The maximum Gasteiger partial charge on any atom is 0.254 e. The second kappa shape index (κ2) is 5.29. The lowest BCUT2D eigenvalue weighted by atomic mass is 10.1. The number of hydrogen-bond acceptors (Lipinski definition) is 3. The molecule has 104 valence electrons. The Balaban J connectivity index is 1.85. The lowest BCUT2D eigenvalue weighted by Gasteiger charge is -2.22. The van der Waals surface area contributed by atoms with Crippen molar-refractivity contribution in [3.8, 4) is 0 Å². The molecule has 2 aromatic rings. The zero-order valence-corrected chi connectivity index (χ0v) is 12.3. The number of nitrogen functional groups attached to an aromatic ring is 1. The van der Waals surface area contributed by atoms with Crippen molar-refractivity contribution >= 4 is 22.9 Å². The summed E-state index contributed by atoms with van der Waals surface area (Å²) in [5, 5.41) is 4.16. The van der Waals surface area contributed by atoms with Crippen LogP contribution in [0.15, 0.2) is 35.0 Å².